The first-order chi connectivity index (χ1) is 16.0. The second-order valence-corrected chi connectivity index (χ2v) is 10.0. The molecule has 2 aliphatic heterocycles. The Hall–Kier alpha value is -2.54. The molecule has 1 N–H and O–H groups in total. The van der Waals surface area contributed by atoms with Crippen molar-refractivity contribution in [1.29, 1.82) is 0 Å². The quantitative estimate of drug-likeness (QED) is 0.698. The van der Waals surface area contributed by atoms with Crippen LogP contribution in [0.1, 0.15) is 68.8 Å². The Morgan fingerprint density at radius 3 is 2.64 bits per heavy atom. The van der Waals surface area contributed by atoms with Crippen LogP contribution in [0, 0.1) is 0 Å². The molecule has 3 heterocycles. The summed E-state index contributed by atoms with van der Waals surface area (Å²) in [6.45, 7) is 3.49. The van der Waals surface area contributed by atoms with Crippen LogP contribution in [-0.4, -0.2) is 59.2 Å². The topological polar surface area (TPSA) is 72.8 Å². The molecule has 1 aromatic heterocycles. The van der Waals surface area contributed by atoms with Crippen LogP contribution in [-0.2, 0) is 16.1 Å². The van der Waals surface area contributed by atoms with Crippen LogP contribution in [0.3, 0.4) is 0 Å². The largest absolute Gasteiger partial charge is 0.497 e. The van der Waals surface area contributed by atoms with E-state index in [4.69, 9.17) is 9.47 Å². The number of carbonyl (C=O) groups is 2. The van der Waals surface area contributed by atoms with E-state index in [1.165, 1.54) is 12.8 Å². The third-order valence-corrected chi connectivity index (χ3v) is 7.73. The lowest BCUT2D eigenvalue weighted by molar-refractivity contribution is -0.134. The maximum atomic E-state index is 13.8. The van der Waals surface area contributed by atoms with Crippen molar-refractivity contribution < 1.29 is 19.1 Å². The first-order valence-corrected chi connectivity index (χ1v) is 12.4. The number of benzene rings is 1. The van der Waals surface area contributed by atoms with Crippen molar-refractivity contribution >= 4 is 22.7 Å². The predicted molar refractivity (Wildman–Crippen MR) is 127 cm³/mol. The van der Waals surface area contributed by atoms with Gasteiger partial charge in [-0.3, -0.25) is 9.59 Å². The SMILES string of the molecule is COc1ccc2cc3n(c2c1)C[C@@](C)(C(=O)NC1CCCCCC1)N(C[C@@H]1CCCO1)C3=O. The van der Waals surface area contributed by atoms with Crippen molar-refractivity contribution in [2.75, 3.05) is 20.3 Å². The number of methoxy groups -OCH3 is 1. The van der Waals surface area contributed by atoms with E-state index in [2.05, 4.69) is 5.32 Å². The van der Waals surface area contributed by atoms with Gasteiger partial charge in [-0.15, -0.1) is 0 Å². The first-order valence-electron chi connectivity index (χ1n) is 12.4. The van der Waals surface area contributed by atoms with E-state index in [0.717, 1.165) is 61.8 Å². The fourth-order valence-electron chi connectivity index (χ4n) is 5.70. The molecule has 2 atom stereocenters. The Balaban J connectivity index is 1.51. The average molecular weight is 454 g/mol. The fraction of sp³-hybridized carbons (Fsp3) is 0.615. The molecule has 5 rings (SSSR count). The van der Waals surface area contributed by atoms with E-state index in [-0.39, 0.29) is 24.0 Å². The van der Waals surface area contributed by atoms with Gasteiger partial charge in [0.05, 0.1) is 25.3 Å². The first kappa shape index (κ1) is 22.3. The van der Waals surface area contributed by atoms with Crippen LogP contribution in [0.15, 0.2) is 24.3 Å². The summed E-state index contributed by atoms with van der Waals surface area (Å²) in [5.41, 5.74) is 0.552. The molecule has 33 heavy (non-hydrogen) atoms. The molecule has 2 fully saturated rings. The molecule has 3 aliphatic rings. The molecular formula is C26H35N3O4. The normalized spacial score (nSPS) is 26.3. The molecule has 178 valence electrons. The average Bonchev–Trinajstić information content (AvgIpc) is 3.38. The third-order valence-electron chi connectivity index (χ3n) is 7.73. The van der Waals surface area contributed by atoms with Gasteiger partial charge in [0, 0.05) is 30.6 Å². The third kappa shape index (κ3) is 4.12. The summed E-state index contributed by atoms with van der Waals surface area (Å²) in [7, 11) is 1.64. The molecule has 0 bridgehead atoms. The summed E-state index contributed by atoms with van der Waals surface area (Å²) in [5.74, 6) is 0.573. The Morgan fingerprint density at radius 2 is 1.94 bits per heavy atom. The van der Waals surface area contributed by atoms with Gasteiger partial charge in [0.1, 0.15) is 17.0 Å². The van der Waals surface area contributed by atoms with Gasteiger partial charge < -0.3 is 24.3 Å². The molecule has 7 heteroatoms. The fourth-order valence-corrected chi connectivity index (χ4v) is 5.70. The Labute approximate surface area is 195 Å². The second kappa shape index (κ2) is 9.01. The van der Waals surface area contributed by atoms with Gasteiger partial charge in [0.25, 0.3) is 5.91 Å². The summed E-state index contributed by atoms with van der Waals surface area (Å²) in [4.78, 5) is 29.4. The van der Waals surface area contributed by atoms with E-state index < -0.39 is 5.54 Å². The summed E-state index contributed by atoms with van der Waals surface area (Å²) >= 11 is 0. The molecule has 1 saturated carbocycles. The molecule has 0 unspecified atom stereocenters. The molecule has 1 aliphatic carbocycles. The lowest BCUT2D eigenvalue weighted by atomic mass is 9.93. The minimum Gasteiger partial charge on any atom is -0.497 e. The Bertz CT molecular complexity index is 1030. The van der Waals surface area contributed by atoms with Crippen LogP contribution in [0.5, 0.6) is 5.75 Å². The van der Waals surface area contributed by atoms with Gasteiger partial charge in [-0.2, -0.15) is 0 Å². The number of ether oxygens (including phenoxy) is 2. The number of carbonyl (C=O) groups excluding carboxylic acids is 2. The summed E-state index contributed by atoms with van der Waals surface area (Å²) in [5, 5.41) is 4.30. The number of nitrogens with one attached hydrogen (secondary N) is 1. The maximum absolute atomic E-state index is 13.8. The molecule has 1 aromatic carbocycles. The van der Waals surface area contributed by atoms with Crippen molar-refractivity contribution in [2.45, 2.75) is 82.5 Å². The van der Waals surface area contributed by atoms with E-state index in [1.807, 2.05) is 35.8 Å². The van der Waals surface area contributed by atoms with Crippen LogP contribution >= 0.6 is 0 Å². The molecule has 0 radical (unpaired) electrons. The van der Waals surface area contributed by atoms with Crippen LogP contribution in [0.2, 0.25) is 0 Å². The molecule has 1 saturated heterocycles. The van der Waals surface area contributed by atoms with Gasteiger partial charge in [-0.1, -0.05) is 25.7 Å². The zero-order valence-corrected chi connectivity index (χ0v) is 19.8. The molecule has 2 aromatic rings. The monoisotopic (exact) mass is 453 g/mol. The number of amides is 2. The smallest absolute Gasteiger partial charge is 0.271 e. The van der Waals surface area contributed by atoms with E-state index in [1.54, 1.807) is 12.0 Å². The lowest BCUT2D eigenvalue weighted by Crippen LogP contribution is -2.66. The zero-order valence-electron chi connectivity index (χ0n) is 19.8. The highest BCUT2D eigenvalue weighted by atomic mass is 16.5. The van der Waals surface area contributed by atoms with Gasteiger partial charge in [-0.25, -0.2) is 0 Å². The van der Waals surface area contributed by atoms with Crippen molar-refractivity contribution in [1.82, 2.24) is 14.8 Å². The maximum Gasteiger partial charge on any atom is 0.271 e. The highest BCUT2D eigenvalue weighted by Crippen LogP contribution is 2.35. The van der Waals surface area contributed by atoms with Crippen LogP contribution < -0.4 is 10.1 Å². The predicted octanol–water partition coefficient (Wildman–Crippen LogP) is 3.88. The molecule has 7 nitrogen and oxygen atoms in total. The number of hydrogen-bond acceptors (Lipinski definition) is 4. The van der Waals surface area contributed by atoms with Crippen LogP contribution in [0.25, 0.3) is 10.9 Å². The number of aromatic nitrogens is 1. The number of hydrogen-bond donors (Lipinski definition) is 1. The number of rotatable bonds is 5. The second-order valence-electron chi connectivity index (χ2n) is 10.0. The summed E-state index contributed by atoms with van der Waals surface area (Å²) in [6, 6.07) is 7.94. The molecule has 0 spiro atoms. The molecular weight excluding hydrogens is 418 g/mol. The standard InChI is InChI=1S/C26H35N3O4/c1-26(25(31)27-19-8-5-3-4-6-9-19)17-28-22-15-20(32-2)12-11-18(22)14-23(28)24(30)29(26)16-21-10-7-13-33-21/h11-12,14-15,19,21H,3-10,13,16-17H2,1-2H3,(H,27,31)/t21-,26-/m0/s1. The van der Waals surface area contributed by atoms with Crippen molar-refractivity contribution in [3.8, 4) is 5.75 Å². The van der Waals surface area contributed by atoms with Gasteiger partial charge in [0.2, 0.25) is 5.91 Å². The van der Waals surface area contributed by atoms with Gasteiger partial charge in [-0.05, 0) is 50.8 Å². The van der Waals surface area contributed by atoms with E-state index in [9.17, 15) is 9.59 Å². The summed E-state index contributed by atoms with van der Waals surface area (Å²) in [6.07, 6.45) is 8.67. The minimum absolute atomic E-state index is 0.0185. The molecule has 2 amide bonds. The van der Waals surface area contributed by atoms with Crippen molar-refractivity contribution in [3.05, 3.63) is 30.0 Å². The van der Waals surface area contributed by atoms with Gasteiger partial charge in [0.15, 0.2) is 0 Å². The Kier molecular flexibility index (Phi) is 6.08. The number of fused-ring (bicyclic) bond motifs is 3. The lowest BCUT2D eigenvalue weighted by Gasteiger charge is -2.45. The zero-order chi connectivity index (χ0) is 23.0. The Morgan fingerprint density at radius 1 is 1.15 bits per heavy atom. The highest BCUT2D eigenvalue weighted by molar-refractivity contribution is 6.03. The van der Waals surface area contributed by atoms with Gasteiger partial charge >= 0.3 is 0 Å². The highest BCUT2D eigenvalue weighted by Gasteiger charge is 2.49. The minimum atomic E-state index is -0.989. The number of nitrogens with zero attached hydrogens (tertiary/aromatic N) is 2. The van der Waals surface area contributed by atoms with E-state index in [0.29, 0.717) is 18.8 Å². The van der Waals surface area contributed by atoms with E-state index >= 15 is 0 Å². The van der Waals surface area contributed by atoms with Crippen molar-refractivity contribution in [3.63, 3.8) is 0 Å². The van der Waals surface area contributed by atoms with Crippen molar-refractivity contribution in [2.24, 2.45) is 0 Å². The summed E-state index contributed by atoms with van der Waals surface area (Å²) < 4.78 is 13.3. The van der Waals surface area contributed by atoms with Crippen LogP contribution in [0.4, 0.5) is 0 Å².